The van der Waals surface area contributed by atoms with E-state index in [4.69, 9.17) is 0 Å². The van der Waals surface area contributed by atoms with Gasteiger partial charge in [0, 0.05) is 41.7 Å². The Bertz CT molecular complexity index is 802. The molecule has 2 aromatic heterocycles. The molecule has 0 aliphatic carbocycles. The quantitative estimate of drug-likeness (QED) is 0.804. The summed E-state index contributed by atoms with van der Waals surface area (Å²) in [4.78, 5) is 12.3. The zero-order chi connectivity index (χ0) is 15.7. The van der Waals surface area contributed by atoms with E-state index in [1.165, 1.54) is 11.2 Å². The van der Waals surface area contributed by atoms with Crippen molar-refractivity contribution in [2.24, 2.45) is 13.0 Å². The molecule has 0 spiro atoms. The highest BCUT2D eigenvalue weighted by atomic mass is 16.1. The van der Waals surface area contributed by atoms with E-state index in [-0.39, 0.29) is 11.8 Å². The zero-order valence-corrected chi connectivity index (χ0v) is 13.1. The van der Waals surface area contributed by atoms with E-state index >= 15 is 0 Å². The number of anilines is 1. The van der Waals surface area contributed by atoms with E-state index in [0.717, 1.165) is 11.1 Å². The van der Waals surface area contributed by atoms with E-state index in [1.54, 1.807) is 10.9 Å². The number of fused-ring (bicyclic) bond motifs is 1. The van der Waals surface area contributed by atoms with E-state index in [2.05, 4.69) is 28.0 Å². The third-order valence-corrected chi connectivity index (χ3v) is 4.02. The lowest BCUT2D eigenvalue weighted by atomic mass is 10.1. The molecule has 1 atom stereocenters. The third-order valence-electron chi connectivity index (χ3n) is 4.02. The van der Waals surface area contributed by atoms with Gasteiger partial charge in [0.05, 0.1) is 12.5 Å². The predicted octanol–water partition coefficient (Wildman–Crippen LogP) is 2.96. The molecule has 114 valence electrons. The highest BCUT2D eigenvalue weighted by molar-refractivity contribution is 5.95. The molecule has 3 aromatic rings. The van der Waals surface area contributed by atoms with Gasteiger partial charge in [-0.15, -0.1) is 0 Å². The van der Waals surface area contributed by atoms with Crippen LogP contribution in [0.3, 0.4) is 0 Å². The number of amides is 1. The van der Waals surface area contributed by atoms with Gasteiger partial charge < -0.3 is 9.88 Å². The van der Waals surface area contributed by atoms with Crippen molar-refractivity contribution < 1.29 is 4.79 Å². The second kappa shape index (κ2) is 5.67. The maximum absolute atomic E-state index is 12.3. The molecule has 0 aliphatic rings. The predicted molar refractivity (Wildman–Crippen MR) is 87.7 cm³/mol. The largest absolute Gasteiger partial charge is 0.348 e. The minimum absolute atomic E-state index is 0.00232. The van der Waals surface area contributed by atoms with Gasteiger partial charge in [-0.3, -0.25) is 9.48 Å². The van der Waals surface area contributed by atoms with E-state index in [0.29, 0.717) is 6.54 Å². The van der Waals surface area contributed by atoms with Crippen LogP contribution < -0.4 is 5.32 Å². The molecule has 1 aromatic carbocycles. The fraction of sp³-hybridized carbons (Fsp3) is 0.294. The number of nitrogens with one attached hydrogen (secondary N) is 1. The Hall–Kier alpha value is -2.56. The van der Waals surface area contributed by atoms with Crippen LogP contribution in [-0.4, -0.2) is 20.3 Å². The fourth-order valence-corrected chi connectivity index (χ4v) is 2.60. The molecule has 5 heteroatoms. The average molecular weight is 296 g/mol. The number of hydrogen-bond acceptors (Lipinski definition) is 2. The van der Waals surface area contributed by atoms with Gasteiger partial charge in [-0.25, -0.2) is 0 Å². The Balaban J connectivity index is 1.73. The molecule has 22 heavy (non-hydrogen) atoms. The number of carbonyl (C=O) groups is 1. The van der Waals surface area contributed by atoms with Crippen LogP contribution in [0.15, 0.2) is 42.7 Å². The maximum Gasteiger partial charge on any atom is 0.229 e. The number of benzene rings is 1. The first-order valence-corrected chi connectivity index (χ1v) is 7.39. The molecule has 5 nitrogen and oxygen atoms in total. The molecule has 0 unspecified atom stereocenters. The van der Waals surface area contributed by atoms with Crippen LogP contribution in [0.2, 0.25) is 0 Å². The molecule has 0 saturated heterocycles. The second-order valence-corrected chi connectivity index (χ2v) is 5.74. The summed E-state index contributed by atoms with van der Waals surface area (Å²) in [6.45, 7) is 4.55. The fourth-order valence-electron chi connectivity index (χ4n) is 2.60. The summed E-state index contributed by atoms with van der Waals surface area (Å²) in [7, 11) is 2.04. The molecule has 0 radical (unpaired) electrons. The lowest BCUT2D eigenvalue weighted by Crippen LogP contribution is -2.24. The number of aryl methyl sites for hydroxylation is 2. The van der Waals surface area contributed by atoms with Crippen molar-refractivity contribution in [3.05, 3.63) is 48.4 Å². The third kappa shape index (κ3) is 2.74. The summed E-state index contributed by atoms with van der Waals surface area (Å²) in [6.07, 6.45) is 3.58. The van der Waals surface area contributed by atoms with Crippen molar-refractivity contribution in [1.29, 1.82) is 0 Å². The van der Waals surface area contributed by atoms with Crippen molar-refractivity contribution in [1.82, 2.24) is 14.3 Å². The summed E-state index contributed by atoms with van der Waals surface area (Å²) in [6, 6.07) is 9.98. The molecular weight excluding hydrogens is 276 g/mol. The second-order valence-electron chi connectivity index (χ2n) is 5.74. The molecule has 0 fully saturated rings. The highest BCUT2D eigenvalue weighted by Gasteiger charge is 2.14. The highest BCUT2D eigenvalue weighted by Crippen LogP contribution is 2.22. The van der Waals surface area contributed by atoms with Crippen molar-refractivity contribution >= 4 is 22.5 Å². The number of carbonyl (C=O) groups excluding carboxylic acids is 1. The van der Waals surface area contributed by atoms with Crippen LogP contribution in [0.25, 0.3) is 10.9 Å². The van der Waals surface area contributed by atoms with Gasteiger partial charge in [-0.05, 0) is 37.3 Å². The van der Waals surface area contributed by atoms with Crippen molar-refractivity contribution in [2.75, 3.05) is 5.32 Å². The van der Waals surface area contributed by atoms with Gasteiger partial charge in [0.25, 0.3) is 0 Å². The van der Waals surface area contributed by atoms with Crippen molar-refractivity contribution in [3.8, 4) is 0 Å². The van der Waals surface area contributed by atoms with Crippen LogP contribution in [0.1, 0.15) is 12.6 Å². The minimum atomic E-state index is -0.145. The van der Waals surface area contributed by atoms with Gasteiger partial charge in [-0.1, -0.05) is 6.92 Å². The summed E-state index contributed by atoms with van der Waals surface area (Å²) in [5.74, 6) is -0.143. The minimum Gasteiger partial charge on any atom is -0.348 e. The first-order chi connectivity index (χ1) is 10.5. The van der Waals surface area contributed by atoms with Gasteiger partial charge in [0.1, 0.15) is 0 Å². The number of aromatic nitrogens is 3. The first-order valence-electron chi connectivity index (χ1n) is 7.39. The molecule has 1 N–H and O–H groups in total. The average Bonchev–Trinajstić information content (AvgIpc) is 3.08. The first kappa shape index (κ1) is 14.4. The Morgan fingerprint density at radius 3 is 2.91 bits per heavy atom. The van der Waals surface area contributed by atoms with Crippen LogP contribution in [0.4, 0.5) is 5.69 Å². The molecule has 3 rings (SSSR count). The Kier molecular flexibility index (Phi) is 3.71. The molecular formula is C17H20N4O. The summed E-state index contributed by atoms with van der Waals surface area (Å²) in [5.41, 5.74) is 3.20. The molecule has 0 aliphatic heterocycles. The number of rotatable bonds is 4. The molecule has 0 bridgehead atoms. The summed E-state index contributed by atoms with van der Waals surface area (Å²) < 4.78 is 3.91. The lowest BCUT2D eigenvalue weighted by molar-refractivity contribution is -0.119. The van der Waals surface area contributed by atoms with Crippen LogP contribution >= 0.6 is 0 Å². The van der Waals surface area contributed by atoms with Gasteiger partial charge >= 0.3 is 0 Å². The topological polar surface area (TPSA) is 51.9 Å². The van der Waals surface area contributed by atoms with E-state index < -0.39 is 0 Å². The van der Waals surface area contributed by atoms with Crippen LogP contribution in [0, 0.1) is 12.8 Å². The number of hydrogen-bond donors (Lipinski definition) is 1. The Morgan fingerprint density at radius 1 is 1.36 bits per heavy atom. The van der Waals surface area contributed by atoms with Gasteiger partial charge in [-0.2, -0.15) is 5.10 Å². The van der Waals surface area contributed by atoms with Gasteiger partial charge in [0.15, 0.2) is 0 Å². The van der Waals surface area contributed by atoms with Crippen molar-refractivity contribution in [2.45, 2.75) is 20.4 Å². The maximum atomic E-state index is 12.3. The smallest absolute Gasteiger partial charge is 0.229 e. The van der Waals surface area contributed by atoms with E-state index in [9.17, 15) is 4.79 Å². The standard InChI is InChI=1S/C17H20N4O/c1-12(11-21-8-4-7-18-21)17(22)19-15-5-6-16-14(10-15)9-13(2)20(16)3/h4-10,12H,11H2,1-3H3,(H,19,22)/t12-/m1/s1. The molecule has 0 saturated carbocycles. The Labute approximate surface area is 129 Å². The lowest BCUT2D eigenvalue weighted by Gasteiger charge is -2.12. The van der Waals surface area contributed by atoms with Gasteiger partial charge in [0.2, 0.25) is 5.91 Å². The summed E-state index contributed by atoms with van der Waals surface area (Å²) >= 11 is 0. The normalized spacial score (nSPS) is 12.5. The zero-order valence-electron chi connectivity index (χ0n) is 13.1. The number of nitrogens with zero attached hydrogens (tertiary/aromatic N) is 3. The van der Waals surface area contributed by atoms with Crippen LogP contribution in [0.5, 0.6) is 0 Å². The molecule has 2 heterocycles. The van der Waals surface area contributed by atoms with Crippen LogP contribution in [-0.2, 0) is 18.4 Å². The Morgan fingerprint density at radius 2 is 2.18 bits per heavy atom. The summed E-state index contributed by atoms with van der Waals surface area (Å²) in [5, 5.41) is 8.26. The van der Waals surface area contributed by atoms with E-state index in [1.807, 2.05) is 44.4 Å². The molecule has 1 amide bonds. The SMILES string of the molecule is Cc1cc2cc(NC(=O)[C@H](C)Cn3cccn3)ccc2n1C. The monoisotopic (exact) mass is 296 g/mol. The van der Waals surface area contributed by atoms with Crippen molar-refractivity contribution in [3.63, 3.8) is 0 Å².